The first kappa shape index (κ1) is 13.7. The molecule has 84 valence electrons. The molecule has 1 atom stereocenters. The van der Waals surface area contributed by atoms with Crippen molar-refractivity contribution in [1.82, 2.24) is 5.32 Å². The Balaban J connectivity index is 0.00000169. The van der Waals surface area contributed by atoms with Crippen LogP contribution >= 0.6 is 12.4 Å². The number of esters is 1. The van der Waals surface area contributed by atoms with Crippen LogP contribution in [0.3, 0.4) is 0 Å². The summed E-state index contributed by atoms with van der Waals surface area (Å²) in [6.07, 6.45) is 0. The van der Waals surface area contributed by atoms with Crippen LogP contribution < -0.4 is 5.32 Å². The molecule has 0 aromatic heterocycles. The van der Waals surface area contributed by atoms with Gasteiger partial charge in [0.15, 0.2) is 5.60 Å². The van der Waals surface area contributed by atoms with Gasteiger partial charge < -0.3 is 14.8 Å². The van der Waals surface area contributed by atoms with Crippen molar-refractivity contribution in [3.05, 3.63) is 0 Å². The molecule has 0 radical (unpaired) electrons. The highest BCUT2D eigenvalue weighted by Crippen LogP contribution is 2.24. The van der Waals surface area contributed by atoms with E-state index in [2.05, 4.69) is 10.1 Å². The summed E-state index contributed by atoms with van der Waals surface area (Å²) in [5, 5.41) is 3.16. The zero-order valence-electron chi connectivity index (χ0n) is 9.05. The minimum atomic E-state index is -0.851. The second-order valence-electron chi connectivity index (χ2n) is 4.19. The Kier molecular flexibility index (Phi) is 4.36. The number of hydrogen-bond donors (Lipinski definition) is 1. The Bertz CT molecular complexity index is 220. The standard InChI is InChI=1S/C9H17NO3.ClH/c1-8(2)5-10-6-9(3,13-8)7(11)12-4;/h10H,5-6H2,1-4H3;1H. The van der Waals surface area contributed by atoms with Gasteiger partial charge in [0.05, 0.1) is 12.7 Å². The van der Waals surface area contributed by atoms with Gasteiger partial charge in [0.1, 0.15) is 0 Å². The Morgan fingerprint density at radius 2 is 1.93 bits per heavy atom. The third-order valence-corrected chi connectivity index (χ3v) is 2.13. The second-order valence-corrected chi connectivity index (χ2v) is 4.19. The first-order valence-corrected chi connectivity index (χ1v) is 4.39. The largest absolute Gasteiger partial charge is 0.467 e. The van der Waals surface area contributed by atoms with Crippen LogP contribution in [-0.2, 0) is 14.3 Å². The van der Waals surface area contributed by atoms with E-state index in [1.807, 2.05) is 13.8 Å². The number of methoxy groups -OCH3 is 1. The van der Waals surface area contributed by atoms with E-state index in [-0.39, 0.29) is 24.0 Å². The predicted octanol–water partition coefficient (Wildman–Crippen LogP) is 0.738. The summed E-state index contributed by atoms with van der Waals surface area (Å²) in [5.74, 6) is -0.326. The summed E-state index contributed by atoms with van der Waals surface area (Å²) in [4.78, 5) is 11.4. The Morgan fingerprint density at radius 3 is 2.36 bits per heavy atom. The summed E-state index contributed by atoms with van der Waals surface area (Å²) >= 11 is 0. The zero-order chi connectivity index (χ0) is 10.1. The lowest BCUT2D eigenvalue weighted by atomic mass is 9.99. The van der Waals surface area contributed by atoms with Crippen molar-refractivity contribution >= 4 is 18.4 Å². The fourth-order valence-corrected chi connectivity index (χ4v) is 1.61. The van der Waals surface area contributed by atoms with Crippen LogP contribution in [0.4, 0.5) is 0 Å². The van der Waals surface area contributed by atoms with Gasteiger partial charge in [0.2, 0.25) is 0 Å². The SMILES string of the molecule is COC(=O)C1(C)CNCC(C)(C)O1.Cl. The van der Waals surface area contributed by atoms with Gasteiger partial charge in [-0.1, -0.05) is 0 Å². The summed E-state index contributed by atoms with van der Waals surface area (Å²) in [7, 11) is 1.37. The van der Waals surface area contributed by atoms with E-state index in [0.29, 0.717) is 6.54 Å². The van der Waals surface area contributed by atoms with E-state index in [1.54, 1.807) is 6.92 Å². The first-order chi connectivity index (χ1) is 5.90. The van der Waals surface area contributed by atoms with Gasteiger partial charge in [0.25, 0.3) is 0 Å². The van der Waals surface area contributed by atoms with Gasteiger partial charge in [0, 0.05) is 13.1 Å². The zero-order valence-corrected chi connectivity index (χ0v) is 9.86. The molecule has 5 heteroatoms. The number of morpholine rings is 1. The molecule has 1 aliphatic heterocycles. The van der Waals surface area contributed by atoms with Crippen molar-refractivity contribution in [3.63, 3.8) is 0 Å². The molecule has 0 bridgehead atoms. The van der Waals surface area contributed by atoms with Gasteiger partial charge in [-0.15, -0.1) is 12.4 Å². The molecule has 0 aliphatic carbocycles. The van der Waals surface area contributed by atoms with E-state index in [1.165, 1.54) is 7.11 Å². The second kappa shape index (κ2) is 4.47. The number of carbonyl (C=O) groups is 1. The first-order valence-electron chi connectivity index (χ1n) is 4.39. The Hall–Kier alpha value is -0.320. The van der Waals surface area contributed by atoms with Gasteiger partial charge in [-0.2, -0.15) is 0 Å². The maximum atomic E-state index is 11.4. The Labute approximate surface area is 90.7 Å². The lowest BCUT2D eigenvalue weighted by Crippen LogP contribution is -2.60. The van der Waals surface area contributed by atoms with Gasteiger partial charge in [-0.25, -0.2) is 4.79 Å². The van der Waals surface area contributed by atoms with Crippen molar-refractivity contribution in [2.24, 2.45) is 0 Å². The minimum absolute atomic E-state index is 0. The lowest BCUT2D eigenvalue weighted by Gasteiger charge is -2.41. The molecule has 1 N–H and O–H groups in total. The van der Waals surface area contributed by atoms with Crippen molar-refractivity contribution in [2.75, 3.05) is 20.2 Å². The Morgan fingerprint density at radius 1 is 1.36 bits per heavy atom. The molecular formula is C9H18ClNO3. The van der Waals surface area contributed by atoms with Crippen LogP contribution in [0.5, 0.6) is 0 Å². The average Bonchev–Trinajstić information content (AvgIpc) is 2.00. The van der Waals surface area contributed by atoms with E-state index in [4.69, 9.17) is 4.74 Å². The maximum absolute atomic E-state index is 11.4. The van der Waals surface area contributed by atoms with E-state index in [9.17, 15) is 4.79 Å². The molecule has 1 aliphatic rings. The molecule has 14 heavy (non-hydrogen) atoms. The van der Waals surface area contributed by atoms with Gasteiger partial charge in [-0.3, -0.25) is 0 Å². The van der Waals surface area contributed by atoms with E-state index in [0.717, 1.165) is 6.54 Å². The topological polar surface area (TPSA) is 47.6 Å². The van der Waals surface area contributed by atoms with Crippen LogP contribution in [0.25, 0.3) is 0 Å². The minimum Gasteiger partial charge on any atom is -0.467 e. The molecule has 0 saturated carbocycles. The van der Waals surface area contributed by atoms with Crippen molar-refractivity contribution < 1.29 is 14.3 Å². The van der Waals surface area contributed by atoms with Gasteiger partial charge >= 0.3 is 5.97 Å². The van der Waals surface area contributed by atoms with Crippen LogP contribution in [0, 0.1) is 0 Å². The molecular weight excluding hydrogens is 206 g/mol. The number of hydrogen-bond acceptors (Lipinski definition) is 4. The molecule has 0 aromatic rings. The quantitative estimate of drug-likeness (QED) is 0.667. The highest BCUT2D eigenvalue weighted by atomic mass is 35.5. The third-order valence-electron chi connectivity index (χ3n) is 2.13. The number of rotatable bonds is 1. The number of ether oxygens (including phenoxy) is 2. The average molecular weight is 224 g/mol. The molecule has 0 amide bonds. The molecule has 1 fully saturated rings. The van der Waals surface area contributed by atoms with Crippen molar-refractivity contribution in [3.8, 4) is 0 Å². The summed E-state index contributed by atoms with van der Waals surface area (Å²) in [5.41, 5.74) is -1.17. The monoisotopic (exact) mass is 223 g/mol. The van der Waals surface area contributed by atoms with Crippen LogP contribution in [0.2, 0.25) is 0 Å². The number of halogens is 1. The molecule has 0 aromatic carbocycles. The maximum Gasteiger partial charge on any atom is 0.339 e. The fourth-order valence-electron chi connectivity index (χ4n) is 1.61. The van der Waals surface area contributed by atoms with Crippen molar-refractivity contribution in [2.45, 2.75) is 32.0 Å². The van der Waals surface area contributed by atoms with Crippen LogP contribution in [0.15, 0.2) is 0 Å². The molecule has 1 saturated heterocycles. The number of nitrogens with one attached hydrogen (secondary N) is 1. The molecule has 0 spiro atoms. The van der Waals surface area contributed by atoms with E-state index < -0.39 is 5.60 Å². The molecule has 1 heterocycles. The van der Waals surface area contributed by atoms with Crippen LogP contribution in [0.1, 0.15) is 20.8 Å². The highest BCUT2D eigenvalue weighted by molar-refractivity contribution is 5.85. The smallest absolute Gasteiger partial charge is 0.339 e. The molecule has 4 nitrogen and oxygen atoms in total. The number of carbonyl (C=O) groups excluding carboxylic acids is 1. The highest BCUT2D eigenvalue weighted by Gasteiger charge is 2.43. The van der Waals surface area contributed by atoms with E-state index >= 15 is 0 Å². The molecule has 1 unspecified atom stereocenters. The van der Waals surface area contributed by atoms with Crippen molar-refractivity contribution in [1.29, 1.82) is 0 Å². The lowest BCUT2D eigenvalue weighted by molar-refractivity contribution is -0.194. The summed E-state index contributed by atoms with van der Waals surface area (Å²) in [6.45, 7) is 6.89. The fraction of sp³-hybridized carbons (Fsp3) is 0.889. The van der Waals surface area contributed by atoms with Gasteiger partial charge in [-0.05, 0) is 20.8 Å². The van der Waals surface area contributed by atoms with Crippen LogP contribution in [-0.4, -0.2) is 37.4 Å². The summed E-state index contributed by atoms with van der Waals surface area (Å²) < 4.78 is 10.4. The summed E-state index contributed by atoms with van der Waals surface area (Å²) in [6, 6.07) is 0. The predicted molar refractivity (Wildman–Crippen MR) is 55.7 cm³/mol. The molecule has 1 rings (SSSR count). The normalized spacial score (nSPS) is 30.3. The third kappa shape index (κ3) is 2.83.